The highest BCUT2D eigenvalue weighted by Gasteiger charge is 2.32. The first kappa shape index (κ1) is 13.0. The smallest absolute Gasteiger partial charge is 0.407 e. The van der Waals surface area contributed by atoms with E-state index in [1.54, 1.807) is 0 Å². The van der Waals surface area contributed by atoms with Crippen molar-refractivity contribution in [3.8, 4) is 0 Å². The van der Waals surface area contributed by atoms with Crippen LogP contribution in [0.25, 0.3) is 0 Å². The Morgan fingerprint density at radius 2 is 1.88 bits per heavy atom. The zero-order valence-corrected chi connectivity index (χ0v) is 10.3. The van der Waals surface area contributed by atoms with Crippen molar-refractivity contribution in [3.05, 3.63) is 0 Å². The van der Waals surface area contributed by atoms with Gasteiger partial charge in [0.1, 0.15) is 5.78 Å². The van der Waals surface area contributed by atoms with Crippen LogP contribution in [-0.2, 0) is 9.53 Å². The molecule has 0 bridgehead atoms. The van der Waals surface area contributed by atoms with E-state index >= 15 is 0 Å². The van der Waals surface area contributed by atoms with Crippen LogP contribution in [0, 0.1) is 11.8 Å². The van der Waals surface area contributed by atoms with Gasteiger partial charge in [-0.15, -0.1) is 0 Å². The second-order valence-electron chi connectivity index (χ2n) is 4.69. The highest BCUT2D eigenvalue weighted by Crippen LogP contribution is 2.27. The summed E-state index contributed by atoms with van der Waals surface area (Å²) in [5, 5.41) is 2.77. The fraction of sp³-hybridized carbons (Fsp3) is 0.833. The van der Waals surface area contributed by atoms with E-state index in [-0.39, 0.29) is 23.7 Å². The maximum Gasteiger partial charge on any atom is 0.407 e. The molecule has 0 aliphatic heterocycles. The largest absolute Gasteiger partial charge is 0.453 e. The van der Waals surface area contributed by atoms with Crippen LogP contribution < -0.4 is 5.32 Å². The molecule has 0 spiro atoms. The van der Waals surface area contributed by atoms with Crippen molar-refractivity contribution in [3.63, 3.8) is 0 Å². The van der Waals surface area contributed by atoms with E-state index in [4.69, 9.17) is 0 Å². The highest BCUT2D eigenvalue weighted by molar-refractivity contribution is 5.84. The van der Waals surface area contributed by atoms with Crippen molar-refractivity contribution in [2.75, 3.05) is 7.11 Å². The number of amides is 1. The molecule has 4 nitrogen and oxygen atoms in total. The molecular weight excluding hydrogens is 206 g/mol. The lowest BCUT2D eigenvalue weighted by molar-refractivity contribution is -0.127. The summed E-state index contributed by atoms with van der Waals surface area (Å²) < 4.78 is 4.58. The van der Waals surface area contributed by atoms with Crippen LogP contribution in [0.5, 0.6) is 0 Å². The Morgan fingerprint density at radius 1 is 1.25 bits per heavy atom. The third-order valence-electron chi connectivity index (χ3n) is 3.19. The minimum Gasteiger partial charge on any atom is -0.453 e. The lowest BCUT2D eigenvalue weighted by atomic mass is 9.79. The second kappa shape index (κ2) is 5.87. The number of nitrogens with one attached hydrogen (secondary N) is 1. The standard InChI is InChI=1S/C12H21NO3/c1-8(2)11(14)9-6-4-5-7-10(9)13-12(15)16-3/h8-10H,4-7H2,1-3H3,(H,13,15). The quantitative estimate of drug-likeness (QED) is 0.803. The molecule has 0 saturated heterocycles. The van der Waals surface area contributed by atoms with Gasteiger partial charge in [0.15, 0.2) is 0 Å². The maximum atomic E-state index is 12.0. The van der Waals surface area contributed by atoms with Crippen molar-refractivity contribution in [2.45, 2.75) is 45.6 Å². The fourth-order valence-electron chi connectivity index (χ4n) is 2.28. The number of alkyl carbamates (subject to hydrolysis) is 1. The molecule has 0 heterocycles. The van der Waals surface area contributed by atoms with Crippen LogP contribution in [0.4, 0.5) is 4.79 Å². The lowest BCUT2D eigenvalue weighted by Gasteiger charge is -2.31. The zero-order valence-electron chi connectivity index (χ0n) is 10.3. The summed E-state index contributed by atoms with van der Waals surface area (Å²) in [5.41, 5.74) is 0. The number of Topliss-reactive ketones (excluding diaryl/α,β-unsaturated/α-hetero) is 1. The second-order valence-corrected chi connectivity index (χ2v) is 4.69. The Hall–Kier alpha value is -1.06. The molecule has 1 aliphatic carbocycles. The van der Waals surface area contributed by atoms with E-state index in [0.29, 0.717) is 0 Å². The normalized spacial score (nSPS) is 25.2. The third-order valence-corrected chi connectivity index (χ3v) is 3.19. The maximum absolute atomic E-state index is 12.0. The molecule has 0 radical (unpaired) electrons. The van der Waals surface area contributed by atoms with Gasteiger partial charge in [-0.2, -0.15) is 0 Å². The molecule has 16 heavy (non-hydrogen) atoms. The molecule has 2 atom stereocenters. The number of carbonyl (C=O) groups is 2. The highest BCUT2D eigenvalue weighted by atomic mass is 16.5. The van der Waals surface area contributed by atoms with Crippen LogP contribution in [0.1, 0.15) is 39.5 Å². The predicted molar refractivity (Wildman–Crippen MR) is 61.1 cm³/mol. The SMILES string of the molecule is COC(=O)NC1CCCCC1C(=O)C(C)C. The van der Waals surface area contributed by atoms with Crippen LogP contribution in [0.15, 0.2) is 0 Å². The van der Waals surface area contributed by atoms with Crippen LogP contribution in [-0.4, -0.2) is 25.0 Å². The Bertz CT molecular complexity index is 263. The summed E-state index contributed by atoms with van der Waals surface area (Å²) in [6.07, 6.45) is 3.46. The number of ether oxygens (including phenoxy) is 1. The summed E-state index contributed by atoms with van der Waals surface area (Å²) in [6, 6.07) is -0.0453. The number of ketones is 1. The van der Waals surface area contributed by atoms with Crippen molar-refractivity contribution in [1.82, 2.24) is 5.32 Å². The van der Waals surface area contributed by atoms with E-state index in [0.717, 1.165) is 25.7 Å². The summed E-state index contributed by atoms with van der Waals surface area (Å²) in [7, 11) is 1.34. The number of hydrogen-bond acceptors (Lipinski definition) is 3. The summed E-state index contributed by atoms with van der Waals surface area (Å²) >= 11 is 0. The molecule has 1 aliphatic rings. The van der Waals surface area contributed by atoms with E-state index in [9.17, 15) is 9.59 Å². The van der Waals surface area contributed by atoms with E-state index in [2.05, 4.69) is 10.1 Å². The molecule has 0 aromatic rings. The molecule has 1 N–H and O–H groups in total. The molecule has 2 unspecified atom stereocenters. The molecule has 0 aromatic carbocycles. The minimum atomic E-state index is -0.437. The van der Waals surface area contributed by atoms with Gasteiger partial charge in [-0.3, -0.25) is 4.79 Å². The minimum absolute atomic E-state index is 0.0325. The predicted octanol–water partition coefficient (Wildman–Crippen LogP) is 2.13. The van der Waals surface area contributed by atoms with Gasteiger partial charge in [0.2, 0.25) is 0 Å². The summed E-state index contributed by atoms with van der Waals surface area (Å²) in [4.78, 5) is 23.2. The molecule has 1 fully saturated rings. The van der Waals surface area contributed by atoms with Crippen LogP contribution in [0.3, 0.4) is 0 Å². The number of hydrogen-bond donors (Lipinski definition) is 1. The topological polar surface area (TPSA) is 55.4 Å². The molecule has 92 valence electrons. The van der Waals surface area contributed by atoms with Crippen molar-refractivity contribution >= 4 is 11.9 Å². The first-order chi connectivity index (χ1) is 7.56. The molecule has 1 amide bonds. The molecule has 1 rings (SSSR count). The summed E-state index contributed by atoms with van der Waals surface area (Å²) in [5.74, 6) is 0.249. The lowest BCUT2D eigenvalue weighted by Crippen LogP contribution is -2.46. The summed E-state index contributed by atoms with van der Waals surface area (Å²) in [6.45, 7) is 3.82. The first-order valence-corrected chi connectivity index (χ1v) is 5.94. The third kappa shape index (κ3) is 3.22. The van der Waals surface area contributed by atoms with Gasteiger partial charge in [0.25, 0.3) is 0 Å². The van der Waals surface area contributed by atoms with Crippen molar-refractivity contribution < 1.29 is 14.3 Å². The van der Waals surface area contributed by atoms with Crippen LogP contribution in [0.2, 0.25) is 0 Å². The van der Waals surface area contributed by atoms with Gasteiger partial charge >= 0.3 is 6.09 Å². The van der Waals surface area contributed by atoms with Gasteiger partial charge in [-0.1, -0.05) is 26.7 Å². The Labute approximate surface area is 96.7 Å². The molecule has 1 saturated carbocycles. The Balaban J connectivity index is 2.63. The molecular formula is C12H21NO3. The first-order valence-electron chi connectivity index (χ1n) is 5.94. The Kier molecular flexibility index (Phi) is 4.77. The average Bonchev–Trinajstić information content (AvgIpc) is 2.28. The monoisotopic (exact) mass is 227 g/mol. The van der Waals surface area contributed by atoms with E-state index in [1.807, 2.05) is 13.8 Å². The zero-order chi connectivity index (χ0) is 12.1. The van der Waals surface area contributed by atoms with E-state index in [1.165, 1.54) is 7.11 Å². The number of carbonyl (C=O) groups excluding carboxylic acids is 2. The Morgan fingerprint density at radius 3 is 2.44 bits per heavy atom. The van der Waals surface area contributed by atoms with Gasteiger partial charge in [-0.05, 0) is 12.8 Å². The van der Waals surface area contributed by atoms with E-state index < -0.39 is 6.09 Å². The van der Waals surface area contributed by atoms with Gasteiger partial charge in [0.05, 0.1) is 7.11 Å². The number of methoxy groups -OCH3 is 1. The fourth-order valence-corrected chi connectivity index (χ4v) is 2.28. The van der Waals surface area contributed by atoms with Crippen molar-refractivity contribution in [1.29, 1.82) is 0 Å². The molecule has 4 heteroatoms. The van der Waals surface area contributed by atoms with Gasteiger partial charge in [0, 0.05) is 17.9 Å². The van der Waals surface area contributed by atoms with Gasteiger partial charge in [-0.25, -0.2) is 4.79 Å². The van der Waals surface area contributed by atoms with Crippen molar-refractivity contribution in [2.24, 2.45) is 11.8 Å². The number of rotatable bonds is 3. The average molecular weight is 227 g/mol. The molecule has 0 aromatic heterocycles. The van der Waals surface area contributed by atoms with Crippen LogP contribution >= 0.6 is 0 Å². The van der Waals surface area contributed by atoms with Gasteiger partial charge < -0.3 is 10.1 Å².